The van der Waals surface area contributed by atoms with E-state index in [4.69, 9.17) is 0 Å². The van der Waals surface area contributed by atoms with Crippen molar-refractivity contribution in [3.8, 4) is 0 Å². The van der Waals surface area contributed by atoms with Crippen molar-refractivity contribution in [1.29, 1.82) is 0 Å². The van der Waals surface area contributed by atoms with Crippen molar-refractivity contribution in [2.75, 3.05) is 39.0 Å². The number of rotatable bonds is 8. The van der Waals surface area contributed by atoms with Gasteiger partial charge >= 0.3 is 6.03 Å². The number of H-pyrrole nitrogens is 1. The maximum absolute atomic E-state index is 13.7. The second kappa shape index (κ2) is 10.1. The standard InChI is InChI=1S/C28H38N6O4/c1-32(2)28(21-7-4-3-5-8-21)15-13-26(14-16-28)19-33(25(37)34(26)20-27(38)11-6-12-27)18-10-23(36)31-24-29-17-9-22(35)30-24/h3-5,7-9,17,38H,6,10-16,18-20H2,1-2H3,(H2,29,30,31,35,36). The lowest BCUT2D eigenvalue weighted by Crippen LogP contribution is -2.59. The third-order valence-electron chi connectivity index (χ3n) is 9.01. The van der Waals surface area contributed by atoms with Crippen molar-refractivity contribution in [1.82, 2.24) is 24.7 Å². The summed E-state index contributed by atoms with van der Waals surface area (Å²) in [5.41, 5.74) is -0.371. The van der Waals surface area contributed by atoms with Gasteiger partial charge < -0.3 is 14.9 Å². The predicted molar refractivity (Wildman–Crippen MR) is 144 cm³/mol. The average Bonchev–Trinajstić information content (AvgIpc) is 3.13. The quantitative estimate of drug-likeness (QED) is 0.490. The predicted octanol–water partition coefficient (Wildman–Crippen LogP) is 2.52. The first kappa shape index (κ1) is 26.4. The Kier molecular flexibility index (Phi) is 7.04. The van der Waals surface area contributed by atoms with Crippen LogP contribution in [0.15, 0.2) is 47.4 Å². The fourth-order valence-electron chi connectivity index (χ4n) is 6.49. The van der Waals surface area contributed by atoms with Crippen LogP contribution < -0.4 is 10.9 Å². The van der Waals surface area contributed by atoms with Crippen LogP contribution in [-0.4, -0.2) is 86.6 Å². The molecule has 0 bridgehead atoms. The monoisotopic (exact) mass is 522 g/mol. The third kappa shape index (κ3) is 4.94. The van der Waals surface area contributed by atoms with Crippen LogP contribution in [0.5, 0.6) is 0 Å². The number of hydrogen-bond donors (Lipinski definition) is 3. The number of aromatic nitrogens is 2. The van der Waals surface area contributed by atoms with Crippen LogP contribution in [0.25, 0.3) is 0 Å². The van der Waals surface area contributed by atoms with E-state index in [0.717, 1.165) is 32.1 Å². The summed E-state index contributed by atoms with van der Waals surface area (Å²) >= 11 is 0. The summed E-state index contributed by atoms with van der Waals surface area (Å²) in [5, 5.41) is 13.6. The van der Waals surface area contributed by atoms with Crippen LogP contribution >= 0.6 is 0 Å². The lowest BCUT2D eigenvalue weighted by atomic mass is 9.67. The molecule has 2 saturated carbocycles. The molecular weight excluding hydrogens is 484 g/mol. The van der Waals surface area contributed by atoms with Gasteiger partial charge in [0.25, 0.3) is 5.56 Å². The lowest BCUT2D eigenvalue weighted by molar-refractivity contribution is -0.116. The van der Waals surface area contributed by atoms with Gasteiger partial charge in [0.15, 0.2) is 0 Å². The Morgan fingerprint density at radius 1 is 1.08 bits per heavy atom. The lowest BCUT2D eigenvalue weighted by Gasteiger charge is -2.52. The highest BCUT2D eigenvalue weighted by molar-refractivity contribution is 5.89. The topological polar surface area (TPSA) is 122 Å². The SMILES string of the molecule is CN(C)C1(c2ccccc2)CCC2(CC1)CN(CCC(=O)Nc1nccc(=O)[nH]1)C(=O)N2CC1(O)CCC1. The Bertz CT molecular complexity index is 1220. The molecule has 10 heteroatoms. The van der Waals surface area contributed by atoms with Gasteiger partial charge in [0.1, 0.15) is 0 Å². The Balaban J connectivity index is 1.32. The Morgan fingerprint density at radius 3 is 2.39 bits per heavy atom. The van der Waals surface area contributed by atoms with E-state index in [0.29, 0.717) is 25.9 Å². The number of amides is 3. The van der Waals surface area contributed by atoms with Gasteiger partial charge in [-0.05, 0) is 64.6 Å². The van der Waals surface area contributed by atoms with Crippen molar-refractivity contribution in [2.45, 2.75) is 68.0 Å². The maximum atomic E-state index is 13.7. The van der Waals surface area contributed by atoms with E-state index >= 15 is 0 Å². The summed E-state index contributed by atoms with van der Waals surface area (Å²) in [6, 6.07) is 11.7. The molecule has 10 nitrogen and oxygen atoms in total. The molecule has 2 aliphatic carbocycles. The van der Waals surface area contributed by atoms with Gasteiger partial charge in [0, 0.05) is 37.3 Å². The van der Waals surface area contributed by atoms with Crippen LogP contribution in [0, 0.1) is 0 Å². The highest BCUT2D eigenvalue weighted by atomic mass is 16.3. The summed E-state index contributed by atoms with van der Waals surface area (Å²) in [6.07, 6.45) is 7.25. The second-order valence-electron chi connectivity index (χ2n) is 11.5. The molecule has 204 valence electrons. The van der Waals surface area contributed by atoms with Gasteiger partial charge in [-0.1, -0.05) is 30.3 Å². The number of benzene rings is 1. The number of urea groups is 1. The molecule has 3 amide bonds. The second-order valence-corrected chi connectivity index (χ2v) is 11.5. The van der Waals surface area contributed by atoms with Crippen molar-refractivity contribution < 1.29 is 14.7 Å². The molecule has 0 unspecified atom stereocenters. The zero-order valence-corrected chi connectivity index (χ0v) is 22.3. The van der Waals surface area contributed by atoms with Crippen LogP contribution in [0.4, 0.5) is 10.7 Å². The van der Waals surface area contributed by atoms with E-state index in [-0.39, 0.29) is 47.5 Å². The van der Waals surface area contributed by atoms with Crippen LogP contribution in [0.2, 0.25) is 0 Å². The summed E-state index contributed by atoms with van der Waals surface area (Å²) < 4.78 is 0. The number of nitrogens with one attached hydrogen (secondary N) is 2. The molecule has 0 atom stereocenters. The number of nitrogens with zero attached hydrogens (tertiary/aromatic N) is 4. The Hall–Kier alpha value is -3.24. The molecule has 3 fully saturated rings. The number of hydrogen-bond acceptors (Lipinski definition) is 6. The molecule has 1 aromatic carbocycles. The van der Waals surface area contributed by atoms with Crippen LogP contribution in [0.3, 0.4) is 0 Å². The van der Waals surface area contributed by atoms with E-state index in [2.05, 4.69) is 58.5 Å². The van der Waals surface area contributed by atoms with E-state index in [1.807, 2.05) is 11.0 Å². The van der Waals surface area contributed by atoms with E-state index in [9.17, 15) is 19.5 Å². The van der Waals surface area contributed by atoms with Crippen molar-refractivity contribution in [2.24, 2.45) is 0 Å². The number of anilines is 1. The number of aromatic amines is 1. The fourth-order valence-corrected chi connectivity index (χ4v) is 6.49. The van der Waals surface area contributed by atoms with Crippen molar-refractivity contribution >= 4 is 17.9 Å². The molecular formula is C28H38N6O4. The first-order valence-electron chi connectivity index (χ1n) is 13.5. The van der Waals surface area contributed by atoms with Crippen LogP contribution in [-0.2, 0) is 10.3 Å². The largest absolute Gasteiger partial charge is 0.388 e. The van der Waals surface area contributed by atoms with Gasteiger partial charge in [-0.2, -0.15) is 0 Å². The third-order valence-corrected chi connectivity index (χ3v) is 9.01. The van der Waals surface area contributed by atoms with Gasteiger partial charge in [-0.25, -0.2) is 9.78 Å². The number of aliphatic hydroxyl groups is 1. The normalized spacial score (nSPS) is 26.6. The summed E-state index contributed by atoms with van der Waals surface area (Å²) in [6.45, 7) is 1.13. The highest BCUT2D eigenvalue weighted by Gasteiger charge is 2.56. The van der Waals surface area contributed by atoms with Gasteiger partial charge in [0.05, 0.1) is 17.7 Å². The minimum absolute atomic E-state index is 0.0875. The average molecular weight is 523 g/mol. The molecule has 38 heavy (non-hydrogen) atoms. The molecule has 1 aromatic heterocycles. The minimum Gasteiger partial charge on any atom is -0.388 e. The van der Waals surface area contributed by atoms with Crippen molar-refractivity contribution in [3.63, 3.8) is 0 Å². The first-order valence-corrected chi connectivity index (χ1v) is 13.5. The molecule has 1 saturated heterocycles. The zero-order valence-electron chi connectivity index (χ0n) is 22.3. The highest BCUT2D eigenvalue weighted by Crippen LogP contribution is 2.50. The summed E-state index contributed by atoms with van der Waals surface area (Å²) in [5.74, 6) is -0.231. The van der Waals surface area contributed by atoms with Crippen LogP contribution in [0.1, 0.15) is 56.9 Å². The number of carbonyl (C=O) groups excluding carboxylic acids is 2. The maximum Gasteiger partial charge on any atom is 0.320 e. The molecule has 1 spiro atoms. The fraction of sp³-hybridized carbons (Fsp3) is 0.571. The van der Waals surface area contributed by atoms with Gasteiger partial charge in [-0.3, -0.25) is 24.8 Å². The van der Waals surface area contributed by atoms with E-state index in [1.165, 1.54) is 17.8 Å². The zero-order chi connectivity index (χ0) is 27.0. The molecule has 5 rings (SSSR count). The molecule has 0 radical (unpaired) electrons. The minimum atomic E-state index is -0.823. The smallest absolute Gasteiger partial charge is 0.320 e. The number of β-amino-alcohol motifs (C(OH)–C–C–N with tert-alkyl or cyclic N) is 1. The first-order chi connectivity index (χ1) is 18.1. The summed E-state index contributed by atoms with van der Waals surface area (Å²) in [7, 11) is 4.25. The van der Waals surface area contributed by atoms with E-state index in [1.54, 1.807) is 4.90 Å². The Morgan fingerprint density at radius 2 is 1.79 bits per heavy atom. The molecule has 3 aliphatic rings. The molecule has 3 N–H and O–H groups in total. The van der Waals surface area contributed by atoms with E-state index < -0.39 is 5.60 Å². The van der Waals surface area contributed by atoms with Crippen molar-refractivity contribution in [3.05, 3.63) is 58.5 Å². The van der Waals surface area contributed by atoms with Gasteiger partial charge in [0.2, 0.25) is 11.9 Å². The summed E-state index contributed by atoms with van der Waals surface area (Å²) in [4.78, 5) is 50.2. The molecule has 2 heterocycles. The number of carbonyl (C=O) groups is 2. The molecule has 2 aromatic rings. The van der Waals surface area contributed by atoms with Gasteiger partial charge in [-0.15, -0.1) is 0 Å². The Labute approximate surface area is 223 Å². The molecule has 1 aliphatic heterocycles.